The first-order valence-corrected chi connectivity index (χ1v) is 6.01. The Hall–Kier alpha value is -1.36. The highest BCUT2D eigenvalue weighted by atomic mass is 16.5. The molecule has 0 unspecified atom stereocenters. The van der Waals surface area contributed by atoms with Crippen molar-refractivity contribution in [3.63, 3.8) is 0 Å². The van der Waals surface area contributed by atoms with E-state index in [9.17, 15) is 4.79 Å². The summed E-state index contributed by atoms with van der Waals surface area (Å²) in [4.78, 5) is 12.1. The maximum absolute atomic E-state index is 12.1. The molecule has 2 rings (SSSR count). The molecule has 1 saturated heterocycles. The van der Waals surface area contributed by atoms with E-state index in [0.29, 0.717) is 6.54 Å². The van der Waals surface area contributed by atoms with E-state index in [2.05, 4.69) is 15.8 Å². The summed E-state index contributed by atoms with van der Waals surface area (Å²) in [5, 5.41) is 10.1. The Morgan fingerprint density at radius 3 is 2.88 bits per heavy atom. The molecule has 5 heteroatoms. The van der Waals surface area contributed by atoms with Gasteiger partial charge in [0.15, 0.2) is 0 Å². The average Bonchev–Trinajstić information content (AvgIpc) is 2.73. The van der Waals surface area contributed by atoms with E-state index in [0.717, 1.165) is 37.4 Å². The Morgan fingerprint density at radius 1 is 1.59 bits per heavy atom. The van der Waals surface area contributed by atoms with Crippen molar-refractivity contribution in [2.75, 3.05) is 13.1 Å². The van der Waals surface area contributed by atoms with Gasteiger partial charge in [0.1, 0.15) is 11.5 Å². The summed E-state index contributed by atoms with van der Waals surface area (Å²) in [5.41, 5.74) is 0.526. The summed E-state index contributed by atoms with van der Waals surface area (Å²) in [5.74, 6) is 0.877. The number of amides is 1. The van der Waals surface area contributed by atoms with Crippen LogP contribution in [0.3, 0.4) is 0 Å². The van der Waals surface area contributed by atoms with Crippen LogP contribution in [0, 0.1) is 12.3 Å². The molecule has 0 saturated carbocycles. The molecule has 0 spiro atoms. The standard InChI is InChI=1S/C12H19N3O2/c1-9-7-10(15-17-9)8-14-11(16)12(2)3-5-13-6-4-12/h7,13H,3-6,8H2,1-2H3,(H,14,16). The SMILES string of the molecule is Cc1cc(CNC(=O)C2(C)CCNCC2)no1. The minimum absolute atomic E-state index is 0.111. The molecule has 94 valence electrons. The zero-order chi connectivity index (χ0) is 12.3. The van der Waals surface area contributed by atoms with Crippen molar-refractivity contribution in [3.05, 3.63) is 17.5 Å². The summed E-state index contributed by atoms with van der Waals surface area (Å²) < 4.78 is 4.96. The summed E-state index contributed by atoms with van der Waals surface area (Å²) >= 11 is 0. The number of nitrogens with one attached hydrogen (secondary N) is 2. The third-order valence-electron chi connectivity index (χ3n) is 3.36. The van der Waals surface area contributed by atoms with Gasteiger partial charge in [-0.2, -0.15) is 0 Å². The summed E-state index contributed by atoms with van der Waals surface area (Å²) in [7, 11) is 0. The van der Waals surface area contributed by atoms with E-state index in [1.807, 2.05) is 19.9 Å². The minimum atomic E-state index is -0.246. The van der Waals surface area contributed by atoms with E-state index in [4.69, 9.17) is 4.52 Å². The normalized spacial score (nSPS) is 18.9. The lowest BCUT2D eigenvalue weighted by atomic mass is 9.80. The summed E-state index contributed by atoms with van der Waals surface area (Å²) in [6.07, 6.45) is 1.77. The van der Waals surface area contributed by atoms with Crippen LogP contribution < -0.4 is 10.6 Å². The lowest BCUT2D eigenvalue weighted by molar-refractivity contribution is -0.131. The third kappa shape index (κ3) is 2.85. The van der Waals surface area contributed by atoms with Crippen molar-refractivity contribution in [2.24, 2.45) is 5.41 Å². The van der Waals surface area contributed by atoms with Crippen LogP contribution in [-0.4, -0.2) is 24.2 Å². The second-order valence-corrected chi connectivity index (χ2v) is 4.92. The fourth-order valence-electron chi connectivity index (χ4n) is 2.09. The first-order chi connectivity index (χ1) is 8.10. The van der Waals surface area contributed by atoms with Crippen LogP contribution in [0.4, 0.5) is 0 Å². The van der Waals surface area contributed by atoms with Crippen LogP contribution in [0.15, 0.2) is 10.6 Å². The molecule has 17 heavy (non-hydrogen) atoms. The van der Waals surface area contributed by atoms with Crippen molar-refractivity contribution in [2.45, 2.75) is 33.2 Å². The van der Waals surface area contributed by atoms with Crippen LogP contribution in [0.25, 0.3) is 0 Å². The number of hydrogen-bond donors (Lipinski definition) is 2. The third-order valence-corrected chi connectivity index (χ3v) is 3.36. The zero-order valence-electron chi connectivity index (χ0n) is 10.4. The molecule has 1 aromatic heterocycles. The summed E-state index contributed by atoms with van der Waals surface area (Å²) in [6, 6.07) is 1.84. The largest absolute Gasteiger partial charge is 0.361 e. The quantitative estimate of drug-likeness (QED) is 0.822. The molecule has 2 heterocycles. The number of rotatable bonds is 3. The van der Waals surface area contributed by atoms with Gasteiger partial charge in [0.05, 0.1) is 6.54 Å². The number of carbonyl (C=O) groups is 1. The Labute approximate surface area is 101 Å². The highest BCUT2D eigenvalue weighted by molar-refractivity contribution is 5.82. The molecule has 0 aromatic carbocycles. The molecule has 0 aliphatic carbocycles. The number of hydrogen-bond acceptors (Lipinski definition) is 4. The molecular formula is C12H19N3O2. The highest BCUT2D eigenvalue weighted by Crippen LogP contribution is 2.27. The lowest BCUT2D eigenvalue weighted by Gasteiger charge is -2.32. The second-order valence-electron chi connectivity index (χ2n) is 4.92. The first-order valence-electron chi connectivity index (χ1n) is 6.01. The highest BCUT2D eigenvalue weighted by Gasteiger charge is 2.34. The van der Waals surface area contributed by atoms with Gasteiger partial charge >= 0.3 is 0 Å². The number of aromatic nitrogens is 1. The smallest absolute Gasteiger partial charge is 0.226 e. The summed E-state index contributed by atoms with van der Waals surface area (Å²) in [6.45, 7) is 6.13. The van der Waals surface area contributed by atoms with Gasteiger partial charge in [0, 0.05) is 11.5 Å². The Morgan fingerprint density at radius 2 is 2.29 bits per heavy atom. The maximum atomic E-state index is 12.1. The Bertz CT molecular complexity index is 394. The molecular weight excluding hydrogens is 218 g/mol. The molecule has 0 radical (unpaired) electrons. The molecule has 1 aromatic rings. The molecule has 0 bridgehead atoms. The first kappa shape index (κ1) is 12.1. The van der Waals surface area contributed by atoms with Crippen LogP contribution >= 0.6 is 0 Å². The molecule has 1 amide bonds. The maximum Gasteiger partial charge on any atom is 0.226 e. The van der Waals surface area contributed by atoms with Crippen molar-refractivity contribution >= 4 is 5.91 Å². The molecule has 0 atom stereocenters. The van der Waals surface area contributed by atoms with Gasteiger partial charge in [-0.15, -0.1) is 0 Å². The van der Waals surface area contributed by atoms with Gasteiger partial charge in [-0.05, 0) is 32.9 Å². The van der Waals surface area contributed by atoms with E-state index < -0.39 is 0 Å². The van der Waals surface area contributed by atoms with Gasteiger partial charge in [-0.3, -0.25) is 4.79 Å². The Kier molecular flexibility index (Phi) is 3.47. The van der Waals surface area contributed by atoms with E-state index in [1.165, 1.54) is 0 Å². The van der Waals surface area contributed by atoms with Gasteiger partial charge in [0.25, 0.3) is 0 Å². The van der Waals surface area contributed by atoms with Crippen LogP contribution in [0.2, 0.25) is 0 Å². The van der Waals surface area contributed by atoms with Gasteiger partial charge in [-0.1, -0.05) is 12.1 Å². The van der Waals surface area contributed by atoms with Gasteiger partial charge in [0.2, 0.25) is 5.91 Å². The van der Waals surface area contributed by atoms with Crippen LogP contribution in [-0.2, 0) is 11.3 Å². The van der Waals surface area contributed by atoms with Crippen molar-refractivity contribution in [3.8, 4) is 0 Å². The van der Waals surface area contributed by atoms with Gasteiger partial charge < -0.3 is 15.2 Å². The monoisotopic (exact) mass is 237 g/mol. The predicted molar refractivity (Wildman–Crippen MR) is 63.3 cm³/mol. The van der Waals surface area contributed by atoms with E-state index >= 15 is 0 Å². The van der Waals surface area contributed by atoms with Gasteiger partial charge in [-0.25, -0.2) is 0 Å². The molecule has 1 aliphatic heterocycles. The van der Waals surface area contributed by atoms with Crippen LogP contribution in [0.5, 0.6) is 0 Å². The van der Waals surface area contributed by atoms with Crippen molar-refractivity contribution in [1.29, 1.82) is 0 Å². The molecule has 2 N–H and O–H groups in total. The molecule has 1 aliphatic rings. The number of piperidine rings is 1. The fraction of sp³-hybridized carbons (Fsp3) is 0.667. The van der Waals surface area contributed by atoms with E-state index in [1.54, 1.807) is 0 Å². The second kappa shape index (κ2) is 4.87. The topological polar surface area (TPSA) is 67.2 Å². The fourth-order valence-corrected chi connectivity index (χ4v) is 2.09. The predicted octanol–water partition coefficient (Wildman–Crippen LogP) is 0.989. The number of aryl methyl sites for hydroxylation is 1. The molecule has 1 fully saturated rings. The Balaban J connectivity index is 1.88. The minimum Gasteiger partial charge on any atom is -0.361 e. The van der Waals surface area contributed by atoms with E-state index in [-0.39, 0.29) is 11.3 Å². The number of nitrogens with zero attached hydrogens (tertiary/aromatic N) is 1. The molecule has 5 nitrogen and oxygen atoms in total. The van der Waals surface area contributed by atoms with Crippen molar-refractivity contribution < 1.29 is 9.32 Å². The number of carbonyl (C=O) groups excluding carboxylic acids is 1. The average molecular weight is 237 g/mol. The van der Waals surface area contributed by atoms with Crippen LogP contribution in [0.1, 0.15) is 31.2 Å². The zero-order valence-corrected chi connectivity index (χ0v) is 10.4. The lowest BCUT2D eigenvalue weighted by Crippen LogP contribution is -2.45. The van der Waals surface area contributed by atoms with Crippen molar-refractivity contribution in [1.82, 2.24) is 15.8 Å².